The normalized spacial score (nSPS) is 23.5. The Balaban J connectivity index is 1.83. The van der Waals surface area contributed by atoms with Crippen molar-refractivity contribution in [2.75, 3.05) is 12.4 Å². The summed E-state index contributed by atoms with van der Waals surface area (Å²) in [5.41, 5.74) is 4.15. The van der Waals surface area contributed by atoms with Gasteiger partial charge in [0.15, 0.2) is 0 Å². The van der Waals surface area contributed by atoms with Crippen LogP contribution in [0, 0.1) is 25.7 Å². The highest BCUT2D eigenvalue weighted by molar-refractivity contribution is 6.18. The summed E-state index contributed by atoms with van der Waals surface area (Å²) in [6.07, 6.45) is 4.02. The van der Waals surface area contributed by atoms with Gasteiger partial charge in [-0.25, -0.2) is 0 Å². The van der Waals surface area contributed by atoms with Gasteiger partial charge in [-0.15, -0.1) is 11.6 Å². The van der Waals surface area contributed by atoms with Crippen molar-refractivity contribution in [3.63, 3.8) is 0 Å². The number of hydrogen-bond donors (Lipinski definition) is 1. The minimum absolute atomic E-state index is 0.734. The molecular weight excluding hydrogens is 242 g/mol. The summed E-state index contributed by atoms with van der Waals surface area (Å²) in [5, 5.41) is 3.62. The molecule has 0 heterocycles. The fourth-order valence-electron chi connectivity index (χ4n) is 2.97. The van der Waals surface area contributed by atoms with Crippen molar-refractivity contribution in [1.29, 1.82) is 0 Å². The van der Waals surface area contributed by atoms with Gasteiger partial charge in [0.25, 0.3) is 0 Å². The van der Waals surface area contributed by atoms with Gasteiger partial charge in [0, 0.05) is 12.4 Å². The van der Waals surface area contributed by atoms with Crippen molar-refractivity contribution in [1.82, 2.24) is 5.32 Å². The van der Waals surface area contributed by atoms with Crippen molar-refractivity contribution in [2.45, 2.75) is 39.7 Å². The maximum Gasteiger partial charge on any atom is 0.0254 e. The SMILES string of the molecule is Cc1ccc(C)c(CNCC2CCCC2CCl)c1. The van der Waals surface area contributed by atoms with E-state index in [4.69, 9.17) is 11.6 Å². The third-order valence-corrected chi connectivity index (χ3v) is 4.64. The lowest BCUT2D eigenvalue weighted by molar-refractivity contribution is 0.395. The van der Waals surface area contributed by atoms with E-state index in [-0.39, 0.29) is 0 Å². The number of halogens is 1. The minimum Gasteiger partial charge on any atom is -0.312 e. The molecule has 0 spiro atoms. The van der Waals surface area contributed by atoms with E-state index in [2.05, 4.69) is 37.4 Å². The summed E-state index contributed by atoms with van der Waals surface area (Å²) in [7, 11) is 0. The smallest absolute Gasteiger partial charge is 0.0254 e. The lowest BCUT2D eigenvalue weighted by atomic mass is 9.98. The van der Waals surface area contributed by atoms with Crippen LogP contribution in [0.1, 0.15) is 36.0 Å². The van der Waals surface area contributed by atoms with Crippen LogP contribution in [0.15, 0.2) is 18.2 Å². The highest BCUT2D eigenvalue weighted by Crippen LogP contribution is 2.32. The molecule has 2 heteroatoms. The summed E-state index contributed by atoms with van der Waals surface area (Å²) < 4.78 is 0. The quantitative estimate of drug-likeness (QED) is 0.792. The van der Waals surface area contributed by atoms with Crippen molar-refractivity contribution in [2.24, 2.45) is 11.8 Å². The van der Waals surface area contributed by atoms with Crippen LogP contribution >= 0.6 is 11.6 Å². The molecule has 1 aliphatic rings. The monoisotopic (exact) mass is 265 g/mol. The van der Waals surface area contributed by atoms with Gasteiger partial charge in [-0.3, -0.25) is 0 Å². The number of rotatable bonds is 5. The molecule has 1 fully saturated rings. The van der Waals surface area contributed by atoms with Crippen LogP contribution in [0.25, 0.3) is 0 Å². The van der Waals surface area contributed by atoms with E-state index in [1.54, 1.807) is 0 Å². The average molecular weight is 266 g/mol. The molecule has 2 unspecified atom stereocenters. The fourth-order valence-corrected chi connectivity index (χ4v) is 3.37. The van der Waals surface area contributed by atoms with Gasteiger partial charge < -0.3 is 5.32 Å². The molecule has 1 saturated carbocycles. The van der Waals surface area contributed by atoms with E-state index < -0.39 is 0 Å². The number of benzene rings is 1. The lowest BCUT2D eigenvalue weighted by Crippen LogP contribution is -2.25. The van der Waals surface area contributed by atoms with Crippen molar-refractivity contribution in [3.8, 4) is 0 Å². The first-order valence-electron chi connectivity index (χ1n) is 7.03. The Bertz CT molecular complexity index is 389. The molecule has 0 bridgehead atoms. The van der Waals surface area contributed by atoms with Crippen LogP contribution in [-0.2, 0) is 6.54 Å². The van der Waals surface area contributed by atoms with Crippen molar-refractivity contribution in [3.05, 3.63) is 34.9 Å². The maximum atomic E-state index is 6.02. The van der Waals surface area contributed by atoms with Gasteiger partial charge in [0.05, 0.1) is 0 Å². The Hall–Kier alpha value is -0.530. The molecule has 18 heavy (non-hydrogen) atoms. The molecule has 0 amide bonds. The first-order valence-corrected chi connectivity index (χ1v) is 7.57. The van der Waals surface area contributed by atoms with Crippen LogP contribution in [0.3, 0.4) is 0 Å². The van der Waals surface area contributed by atoms with Gasteiger partial charge in [-0.05, 0) is 56.2 Å². The zero-order valence-electron chi connectivity index (χ0n) is 11.5. The summed E-state index contributed by atoms with van der Waals surface area (Å²) in [5.74, 6) is 2.35. The molecule has 0 aliphatic heterocycles. The molecule has 1 aromatic carbocycles. The standard InChI is InChI=1S/C16H24ClN/c1-12-6-7-13(2)16(8-12)11-18-10-15-5-3-4-14(15)9-17/h6-8,14-15,18H,3-5,9-11H2,1-2H3. The number of alkyl halides is 1. The molecule has 2 atom stereocenters. The maximum absolute atomic E-state index is 6.02. The highest BCUT2D eigenvalue weighted by atomic mass is 35.5. The van der Waals surface area contributed by atoms with Crippen molar-refractivity contribution < 1.29 is 0 Å². The first kappa shape index (κ1) is 13.9. The third kappa shape index (κ3) is 3.49. The Labute approximate surface area is 116 Å². The molecule has 1 aliphatic carbocycles. The number of hydrogen-bond acceptors (Lipinski definition) is 1. The highest BCUT2D eigenvalue weighted by Gasteiger charge is 2.25. The molecule has 1 aromatic rings. The average Bonchev–Trinajstić information content (AvgIpc) is 2.81. The van der Waals surface area contributed by atoms with E-state index >= 15 is 0 Å². The number of nitrogens with one attached hydrogen (secondary N) is 1. The van der Waals surface area contributed by atoms with Crippen LogP contribution in [0.2, 0.25) is 0 Å². The third-order valence-electron chi connectivity index (χ3n) is 4.24. The van der Waals surface area contributed by atoms with Gasteiger partial charge in [-0.1, -0.05) is 30.2 Å². The zero-order valence-corrected chi connectivity index (χ0v) is 12.3. The van der Waals surface area contributed by atoms with Crippen LogP contribution < -0.4 is 5.32 Å². The predicted octanol–water partition coefficient (Wildman–Crippen LogP) is 4.05. The largest absolute Gasteiger partial charge is 0.312 e. The van der Waals surface area contributed by atoms with Gasteiger partial charge >= 0.3 is 0 Å². The Kier molecular flexibility index (Phi) is 5.08. The summed E-state index contributed by atoms with van der Waals surface area (Å²) >= 11 is 6.02. The van der Waals surface area contributed by atoms with Crippen LogP contribution in [0.4, 0.5) is 0 Å². The van der Waals surface area contributed by atoms with Gasteiger partial charge in [-0.2, -0.15) is 0 Å². The second-order valence-electron chi connectivity index (χ2n) is 5.67. The zero-order chi connectivity index (χ0) is 13.0. The second kappa shape index (κ2) is 6.58. The molecule has 0 saturated heterocycles. The first-order chi connectivity index (χ1) is 8.70. The molecule has 1 nitrogen and oxygen atoms in total. The Morgan fingerprint density at radius 3 is 2.78 bits per heavy atom. The second-order valence-corrected chi connectivity index (χ2v) is 5.97. The molecule has 2 rings (SSSR count). The Morgan fingerprint density at radius 1 is 1.22 bits per heavy atom. The Morgan fingerprint density at radius 2 is 2.00 bits per heavy atom. The van der Waals surface area contributed by atoms with Gasteiger partial charge in [0.1, 0.15) is 0 Å². The van der Waals surface area contributed by atoms with Crippen LogP contribution in [-0.4, -0.2) is 12.4 Å². The summed E-state index contributed by atoms with van der Waals surface area (Å²) in [4.78, 5) is 0. The van der Waals surface area contributed by atoms with E-state index in [1.165, 1.54) is 36.0 Å². The van der Waals surface area contributed by atoms with Crippen LogP contribution in [0.5, 0.6) is 0 Å². The topological polar surface area (TPSA) is 12.0 Å². The molecule has 1 N–H and O–H groups in total. The molecule has 0 radical (unpaired) electrons. The predicted molar refractivity (Wildman–Crippen MR) is 79.2 cm³/mol. The lowest BCUT2D eigenvalue weighted by Gasteiger charge is -2.18. The van der Waals surface area contributed by atoms with Gasteiger partial charge in [0.2, 0.25) is 0 Å². The minimum atomic E-state index is 0.734. The van der Waals surface area contributed by atoms with E-state index in [0.717, 1.165) is 30.8 Å². The molecule has 100 valence electrons. The molecular formula is C16H24ClN. The van der Waals surface area contributed by atoms with E-state index in [0.29, 0.717) is 0 Å². The van der Waals surface area contributed by atoms with E-state index in [1.807, 2.05) is 0 Å². The fraction of sp³-hybridized carbons (Fsp3) is 0.625. The van der Waals surface area contributed by atoms with E-state index in [9.17, 15) is 0 Å². The van der Waals surface area contributed by atoms with Crippen molar-refractivity contribution >= 4 is 11.6 Å². The number of aryl methyl sites for hydroxylation is 2. The summed E-state index contributed by atoms with van der Waals surface area (Å²) in [6.45, 7) is 6.45. The molecule has 0 aromatic heterocycles. The summed E-state index contributed by atoms with van der Waals surface area (Å²) in [6, 6.07) is 6.68.